The maximum Gasteiger partial charge on any atom is 0.329 e. The highest BCUT2D eigenvalue weighted by molar-refractivity contribution is 7.19. The lowest BCUT2D eigenvalue weighted by Crippen LogP contribution is -2.30. The summed E-state index contributed by atoms with van der Waals surface area (Å²) in [5, 5.41) is 2.13. The third-order valence-electron chi connectivity index (χ3n) is 4.85. The number of hydrogen-bond donors (Lipinski definition) is 2. The molecule has 0 aliphatic carbocycles. The second-order valence-electron chi connectivity index (χ2n) is 6.63. The molecule has 1 atom stereocenters. The molecule has 0 bridgehead atoms. The summed E-state index contributed by atoms with van der Waals surface area (Å²) in [6.07, 6.45) is 1.48. The zero-order valence-corrected chi connectivity index (χ0v) is 16.5. The lowest BCUT2D eigenvalue weighted by molar-refractivity contribution is -0.120. The van der Waals surface area contributed by atoms with Gasteiger partial charge in [-0.3, -0.25) is 15.0 Å². The summed E-state index contributed by atoms with van der Waals surface area (Å²) < 4.78 is 30.6. The van der Waals surface area contributed by atoms with Crippen LogP contribution in [-0.4, -0.2) is 21.9 Å². The number of aromatic amines is 1. The van der Waals surface area contributed by atoms with Crippen LogP contribution in [-0.2, 0) is 4.79 Å². The molecule has 4 aromatic rings. The standard InChI is InChI=1S/C20H11ClF2N4O2S/c21-16-4-3-15(30-16)9-5-11(22)17(12(23)6-9)18-19(28)26-20(29)27(18)10-1-2-13-14(7-10)25-8-24-13/h1-8,18H,(H,24,25)(H,26,28,29). The van der Waals surface area contributed by atoms with Crippen molar-refractivity contribution in [1.82, 2.24) is 15.3 Å². The van der Waals surface area contributed by atoms with Crippen LogP contribution in [0.5, 0.6) is 0 Å². The number of aromatic nitrogens is 2. The van der Waals surface area contributed by atoms with Crippen LogP contribution >= 0.6 is 22.9 Å². The topological polar surface area (TPSA) is 78.1 Å². The van der Waals surface area contributed by atoms with Crippen LogP contribution in [0.15, 0.2) is 48.8 Å². The van der Waals surface area contributed by atoms with E-state index in [1.807, 2.05) is 0 Å². The monoisotopic (exact) mass is 444 g/mol. The number of thiophene rings is 1. The van der Waals surface area contributed by atoms with Crippen molar-refractivity contribution in [2.45, 2.75) is 6.04 Å². The number of imide groups is 1. The first-order valence-corrected chi connectivity index (χ1v) is 9.93. The van der Waals surface area contributed by atoms with Crippen LogP contribution in [0.4, 0.5) is 19.3 Å². The summed E-state index contributed by atoms with van der Waals surface area (Å²) in [5.74, 6) is -2.68. The van der Waals surface area contributed by atoms with Gasteiger partial charge in [0.2, 0.25) is 0 Å². The van der Waals surface area contributed by atoms with Gasteiger partial charge in [0, 0.05) is 10.6 Å². The Bertz CT molecular complexity index is 1310. The van der Waals surface area contributed by atoms with Gasteiger partial charge < -0.3 is 4.98 Å². The van der Waals surface area contributed by atoms with Gasteiger partial charge in [0.05, 0.1) is 27.3 Å². The molecule has 10 heteroatoms. The van der Waals surface area contributed by atoms with Crippen molar-refractivity contribution >= 4 is 51.6 Å². The quantitative estimate of drug-likeness (QED) is 0.435. The molecule has 0 saturated carbocycles. The van der Waals surface area contributed by atoms with Gasteiger partial charge in [0.1, 0.15) is 17.7 Å². The smallest absolute Gasteiger partial charge is 0.329 e. The summed E-state index contributed by atoms with van der Waals surface area (Å²) >= 11 is 7.08. The Morgan fingerprint density at radius 3 is 2.53 bits per heavy atom. The molecule has 5 rings (SSSR count). The largest absolute Gasteiger partial charge is 0.345 e. The summed E-state index contributed by atoms with van der Waals surface area (Å²) in [7, 11) is 0. The number of anilines is 1. The Labute approximate surface area is 177 Å². The predicted octanol–water partition coefficient (Wildman–Crippen LogP) is 5.02. The molecule has 1 saturated heterocycles. The summed E-state index contributed by atoms with van der Waals surface area (Å²) in [6.45, 7) is 0. The number of imidazole rings is 1. The average Bonchev–Trinajstić information content (AvgIpc) is 3.40. The fourth-order valence-electron chi connectivity index (χ4n) is 3.53. The van der Waals surface area contributed by atoms with Gasteiger partial charge in [-0.05, 0) is 48.0 Å². The van der Waals surface area contributed by atoms with Crippen LogP contribution in [0.25, 0.3) is 21.5 Å². The number of hydrogen-bond acceptors (Lipinski definition) is 4. The van der Waals surface area contributed by atoms with Gasteiger partial charge in [0.15, 0.2) is 0 Å². The van der Waals surface area contributed by atoms with Crippen molar-refractivity contribution < 1.29 is 18.4 Å². The predicted molar refractivity (Wildman–Crippen MR) is 110 cm³/mol. The Kier molecular flexibility index (Phi) is 4.30. The molecule has 0 spiro atoms. The third-order valence-corrected chi connectivity index (χ3v) is 6.13. The van der Waals surface area contributed by atoms with Crippen molar-refractivity contribution in [1.29, 1.82) is 0 Å². The molecule has 0 radical (unpaired) electrons. The van der Waals surface area contributed by atoms with E-state index < -0.39 is 35.2 Å². The van der Waals surface area contributed by atoms with Crippen LogP contribution in [0.3, 0.4) is 0 Å². The van der Waals surface area contributed by atoms with Gasteiger partial charge in [-0.2, -0.15) is 0 Å². The molecule has 1 unspecified atom stereocenters. The molecule has 1 fully saturated rings. The zero-order valence-electron chi connectivity index (χ0n) is 14.9. The average molecular weight is 445 g/mol. The van der Waals surface area contributed by atoms with Gasteiger partial charge in [-0.15, -0.1) is 11.3 Å². The SMILES string of the molecule is O=C1NC(=O)N(c2ccc3nc[nH]c3c2)C1c1c(F)cc(-c2ccc(Cl)s2)cc1F. The van der Waals surface area contributed by atoms with Crippen LogP contribution in [0, 0.1) is 11.6 Å². The van der Waals surface area contributed by atoms with Gasteiger partial charge in [-0.1, -0.05) is 11.6 Å². The first-order chi connectivity index (χ1) is 14.4. The van der Waals surface area contributed by atoms with E-state index in [4.69, 9.17) is 11.6 Å². The maximum atomic E-state index is 15.0. The van der Waals surface area contributed by atoms with E-state index in [0.29, 0.717) is 31.5 Å². The van der Waals surface area contributed by atoms with Crippen molar-refractivity contribution in [3.05, 3.63) is 70.3 Å². The minimum atomic E-state index is -1.49. The molecule has 2 aromatic carbocycles. The number of benzene rings is 2. The van der Waals surface area contributed by atoms with Crippen molar-refractivity contribution in [2.75, 3.05) is 4.90 Å². The van der Waals surface area contributed by atoms with E-state index in [-0.39, 0.29) is 0 Å². The molecule has 6 nitrogen and oxygen atoms in total. The highest BCUT2D eigenvalue weighted by Crippen LogP contribution is 2.38. The number of H-pyrrole nitrogens is 1. The second-order valence-corrected chi connectivity index (χ2v) is 8.34. The van der Waals surface area contributed by atoms with E-state index in [9.17, 15) is 9.59 Å². The van der Waals surface area contributed by atoms with Gasteiger partial charge in [0.25, 0.3) is 5.91 Å². The normalized spacial score (nSPS) is 16.5. The number of halogens is 3. The summed E-state index contributed by atoms with van der Waals surface area (Å²) in [5.41, 5.74) is 1.35. The summed E-state index contributed by atoms with van der Waals surface area (Å²) in [6, 6.07) is 8.08. The number of amides is 3. The highest BCUT2D eigenvalue weighted by Gasteiger charge is 2.43. The van der Waals surface area contributed by atoms with Crippen LogP contribution in [0.1, 0.15) is 11.6 Å². The fourth-order valence-corrected chi connectivity index (χ4v) is 4.56. The Balaban J connectivity index is 1.62. The first-order valence-electron chi connectivity index (χ1n) is 8.74. The van der Waals surface area contributed by atoms with E-state index in [1.54, 1.807) is 30.3 Å². The lowest BCUT2D eigenvalue weighted by atomic mass is 10.0. The molecule has 2 aromatic heterocycles. The molecule has 3 heterocycles. The number of nitrogens with one attached hydrogen (secondary N) is 2. The highest BCUT2D eigenvalue weighted by atomic mass is 35.5. The fraction of sp³-hybridized carbons (Fsp3) is 0.0500. The van der Waals surface area contributed by atoms with Crippen LogP contribution < -0.4 is 10.2 Å². The number of carbonyl (C=O) groups is 2. The number of fused-ring (bicyclic) bond motifs is 1. The Morgan fingerprint density at radius 1 is 1.07 bits per heavy atom. The van der Waals surface area contributed by atoms with Gasteiger partial charge >= 0.3 is 6.03 Å². The Morgan fingerprint density at radius 2 is 1.83 bits per heavy atom. The maximum absolute atomic E-state index is 15.0. The van der Waals surface area contributed by atoms with Gasteiger partial charge in [-0.25, -0.2) is 18.6 Å². The number of carbonyl (C=O) groups excluding carboxylic acids is 2. The van der Waals surface area contributed by atoms with E-state index in [0.717, 1.165) is 17.0 Å². The van der Waals surface area contributed by atoms with E-state index in [2.05, 4.69) is 15.3 Å². The Hall–Kier alpha value is -3.30. The molecule has 3 amide bonds. The van der Waals surface area contributed by atoms with E-state index >= 15 is 8.78 Å². The minimum Gasteiger partial charge on any atom is -0.345 e. The van der Waals surface area contributed by atoms with Crippen molar-refractivity contribution in [2.24, 2.45) is 0 Å². The number of rotatable bonds is 3. The van der Waals surface area contributed by atoms with Crippen molar-refractivity contribution in [3.63, 3.8) is 0 Å². The number of nitrogens with zero attached hydrogens (tertiary/aromatic N) is 2. The molecular weight excluding hydrogens is 434 g/mol. The molecule has 1 aliphatic rings. The number of urea groups is 1. The zero-order chi connectivity index (χ0) is 21.0. The molecule has 2 N–H and O–H groups in total. The first kappa shape index (κ1) is 18.7. The molecule has 1 aliphatic heterocycles. The molecule has 30 heavy (non-hydrogen) atoms. The van der Waals surface area contributed by atoms with Crippen molar-refractivity contribution in [3.8, 4) is 10.4 Å². The molecule has 150 valence electrons. The molecular formula is C20H11ClF2N4O2S. The lowest BCUT2D eigenvalue weighted by Gasteiger charge is -2.23. The van der Waals surface area contributed by atoms with Crippen LogP contribution in [0.2, 0.25) is 4.34 Å². The van der Waals surface area contributed by atoms with E-state index in [1.165, 1.54) is 17.7 Å². The second kappa shape index (κ2) is 6.89. The third kappa shape index (κ3) is 2.94. The minimum absolute atomic E-state index is 0.292. The summed E-state index contributed by atoms with van der Waals surface area (Å²) in [4.78, 5) is 33.6.